The summed E-state index contributed by atoms with van der Waals surface area (Å²) in [7, 11) is 0. The van der Waals surface area contributed by atoms with Gasteiger partial charge in [-0.2, -0.15) is 0 Å². The standard InChI is InChI=1S/C11H14O6/c12-6-2-1-3-7(4-6)17-11-10(15)9(14)8(13)5-16-11/h1-4,8-15H,5H2/t8-,9+,10-,11?/m1/s1. The predicted molar refractivity (Wildman–Crippen MR) is 56.5 cm³/mol. The molecule has 0 amide bonds. The zero-order chi connectivity index (χ0) is 12.4. The quantitative estimate of drug-likeness (QED) is 0.542. The van der Waals surface area contributed by atoms with E-state index < -0.39 is 24.6 Å². The lowest BCUT2D eigenvalue weighted by molar-refractivity contribution is -0.242. The number of aliphatic hydroxyl groups excluding tert-OH is 3. The highest BCUT2D eigenvalue weighted by Gasteiger charge is 2.38. The second kappa shape index (κ2) is 4.89. The Kier molecular flexibility index (Phi) is 3.49. The van der Waals surface area contributed by atoms with E-state index in [1.807, 2.05) is 0 Å². The van der Waals surface area contributed by atoms with Crippen LogP contribution in [0.15, 0.2) is 24.3 Å². The molecule has 4 N–H and O–H groups in total. The van der Waals surface area contributed by atoms with E-state index in [1.165, 1.54) is 12.1 Å². The molecule has 17 heavy (non-hydrogen) atoms. The molecule has 1 aliphatic rings. The van der Waals surface area contributed by atoms with Gasteiger partial charge in [-0.15, -0.1) is 0 Å². The molecule has 0 aliphatic carbocycles. The van der Waals surface area contributed by atoms with E-state index in [0.29, 0.717) is 5.75 Å². The van der Waals surface area contributed by atoms with Gasteiger partial charge in [0.15, 0.2) is 0 Å². The normalized spacial score (nSPS) is 33.4. The molecule has 1 heterocycles. The maximum Gasteiger partial charge on any atom is 0.228 e. The van der Waals surface area contributed by atoms with Gasteiger partial charge in [0.25, 0.3) is 0 Å². The molecule has 1 aromatic carbocycles. The van der Waals surface area contributed by atoms with E-state index >= 15 is 0 Å². The maximum absolute atomic E-state index is 9.62. The van der Waals surface area contributed by atoms with Gasteiger partial charge in [0.05, 0.1) is 6.61 Å². The molecule has 1 fully saturated rings. The molecule has 1 unspecified atom stereocenters. The minimum atomic E-state index is -1.35. The van der Waals surface area contributed by atoms with Crippen LogP contribution < -0.4 is 4.74 Å². The number of ether oxygens (including phenoxy) is 2. The van der Waals surface area contributed by atoms with Crippen molar-refractivity contribution >= 4 is 0 Å². The number of rotatable bonds is 2. The van der Waals surface area contributed by atoms with Gasteiger partial charge in [0.2, 0.25) is 6.29 Å². The van der Waals surface area contributed by atoms with Crippen LogP contribution in [0.1, 0.15) is 0 Å². The molecule has 4 atom stereocenters. The van der Waals surface area contributed by atoms with Gasteiger partial charge in [-0.1, -0.05) is 6.07 Å². The van der Waals surface area contributed by atoms with Crippen LogP contribution >= 0.6 is 0 Å². The Morgan fingerprint density at radius 1 is 1.18 bits per heavy atom. The minimum absolute atomic E-state index is 0.0217. The molecule has 0 saturated carbocycles. The molecule has 2 rings (SSSR count). The lowest BCUT2D eigenvalue weighted by Gasteiger charge is -2.34. The Morgan fingerprint density at radius 2 is 1.94 bits per heavy atom. The predicted octanol–water partition coefficient (Wildman–Crippen LogP) is -0.790. The maximum atomic E-state index is 9.62. The number of hydrogen-bond acceptors (Lipinski definition) is 6. The van der Waals surface area contributed by atoms with Crippen molar-refractivity contribution in [2.45, 2.75) is 24.6 Å². The smallest absolute Gasteiger partial charge is 0.228 e. The summed E-state index contributed by atoms with van der Waals surface area (Å²) in [6.07, 6.45) is -4.86. The van der Waals surface area contributed by atoms with Crippen molar-refractivity contribution in [2.75, 3.05) is 6.61 Å². The highest BCUT2D eigenvalue weighted by Crippen LogP contribution is 2.23. The first-order chi connectivity index (χ1) is 8.08. The third-order valence-electron chi connectivity index (χ3n) is 2.52. The third-order valence-corrected chi connectivity index (χ3v) is 2.52. The lowest BCUT2D eigenvalue weighted by atomic mass is 10.1. The van der Waals surface area contributed by atoms with Crippen molar-refractivity contribution in [1.82, 2.24) is 0 Å². The van der Waals surface area contributed by atoms with Crippen molar-refractivity contribution in [3.63, 3.8) is 0 Å². The summed E-state index contributed by atoms with van der Waals surface area (Å²) in [4.78, 5) is 0. The molecule has 0 radical (unpaired) electrons. The van der Waals surface area contributed by atoms with Crippen LogP contribution in [0.3, 0.4) is 0 Å². The monoisotopic (exact) mass is 242 g/mol. The largest absolute Gasteiger partial charge is 0.508 e. The Bertz CT molecular complexity index is 382. The molecule has 0 bridgehead atoms. The van der Waals surface area contributed by atoms with E-state index in [1.54, 1.807) is 12.1 Å². The Morgan fingerprint density at radius 3 is 2.65 bits per heavy atom. The summed E-state index contributed by atoms with van der Waals surface area (Å²) >= 11 is 0. The Balaban J connectivity index is 2.04. The summed E-state index contributed by atoms with van der Waals surface area (Å²) in [5.74, 6) is 0.325. The second-order valence-corrected chi connectivity index (χ2v) is 3.87. The first-order valence-electron chi connectivity index (χ1n) is 5.19. The van der Waals surface area contributed by atoms with Crippen LogP contribution in [0.25, 0.3) is 0 Å². The fraction of sp³-hybridized carbons (Fsp3) is 0.455. The summed E-state index contributed by atoms with van der Waals surface area (Å²) < 4.78 is 10.3. The minimum Gasteiger partial charge on any atom is -0.508 e. The summed E-state index contributed by atoms with van der Waals surface area (Å²) in [5, 5.41) is 37.5. The van der Waals surface area contributed by atoms with Crippen molar-refractivity contribution in [3.8, 4) is 11.5 Å². The van der Waals surface area contributed by atoms with Crippen molar-refractivity contribution in [1.29, 1.82) is 0 Å². The number of aromatic hydroxyl groups is 1. The zero-order valence-corrected chi connectivity index (χ0v) is 8.93. The summed E-state index contributed by atoms with van der Waals surface area (Å²) in [6.45, 7) is -0.123. The molecular weight excluding hydrogens is 228 g/mol. The molecule has 0 aromatic heterocycles. The lowest BCUT2D eigenvalue weighted by Crippen LogP contribution is -2.54. The average molecular weight is 242 g/mol. The SMILES string of the molecule is Oc1cccc(OC2OC[C@@H](O)[C@H](O)[C@H]2O)c1. The summed E-state index contributed by atoms with van der Waals surface area (Å²) in [5.41, 5.74) is 0. The Hall–Kier alpha value is -1.34. The van der Waals surface area contributed by atoms with Crippen LogP contribution in [0.2, 0.25) is 0 Å². The van der Waals surface area contributed by atoms with Crippen molar-refractivity contribution in [2.24, 2.45) is 0 Å². The van der Waals surface area contributed by atoms with E-state index in [4.69, 9.17) is 9.47 Å². The molecule has 1 aromatic rings. The third kappa shape index (κ3) is 2.67. The topological polar surface area (TPSA) is 99.4 Å². The first-order valence-corrected chi connectivity index (χ1v) is 5.19. The van der Waals surface area contributed by atoms with Crippen LogP contribution in [-0.4, -0.2) is 51.6 Å². The Labute approximate surface area is 97.7 Å². The van der Waals surface area contributed by atoms with E-state index in [9.17, 15) is 20.4 Å². The number of hydrogen-bond donors (Lipinski definition) is 4. The molecule has 0 spiro atoms. The summed E-state index contributed by atoms with van der Waals surface area (Å²) in [6, 6.07) is 5.98. The van der Waals surface area contributed by atoms with Gasteiger partial charge in [-0.3, -0.25) is 0 Å². The van der Waals surface area contributed by atoms with Crippen molar-refractivity contribution < 1.29 is 29.9 Å². The molecular formula is C11H14O6. The van der Waals surface area contributed by atoms with Gasteiger partial charge in [-0.05, 0) is 12.1 Å². The van der Waals surface area contributed by atoms with Gasteiger partial charge in [0, 0.05) is 6.07 Å². The van der Waals surface area contributed by atoms with Gasteiger partial charge < -0.3 is 29.9 Å². The molecule has 1 saturated heterocycles. The van der Waals surface area contributed by atoms with Crippen molar-refractivity contribution in [3.05, 3.63) is 24.3 Å². The fourth-order valence-corrected chi connectivity index (χ4v) is 1.57. The van der Waals surface area contributed by atoms with Crippen LogP contribution in [0, 0.1) is 0 Å². The van der Waals surface area contributed by atoms with E-state index in [0.717, 1.165) is 0 Å². The number of phenolic OH excluding ortho intramolecular Hbond substituents is 1. The van der Waals surface area contributed by atoms with Crippen LogP contribution in [0.4, 0.5) is 0 Å². The number of aliphatic hydroxyl groups is 3. The average Bonchev–Trinajstić information content (AvgIpc) is 2.30. The highest BCUT2D eigenvalue weighted by molar-refractivity contribution is 5.31. The molecule has 6 nitrogen and oxygen atoms in total. The second-order valence-electron chi connectivity index (χ2n) is 3.87. The van der Waals surface area contributed by atoms with Gasteiger partial charge in [-0.25, -0.2) is 0 Å². The first kappa shape index (κ1) is 12.1. The molecule has 1 aliphatic heterocycles. The van der Waals surface area contributed by atoms with E-state index in [2.05, 4.69) is 0 Å². The number of benzene rings is 1. The van der Waals surface area contributed by atoms with Crippen LogP contribution in [-0.2, 0) is 4.74 Å². The van der Waals surface area contributed by atoms with Gasteiger partial charge in [0.1, 0.15) is 29.8 Å². The van der Waals surface area contributed by atoms with E-state index in [-0.39, 0.29) is 12.4 Å². The number of phenols is 1. The highest BCUT2D eigenvalue weighted by atomic mass is 16.7. The zero-order valence-electron chi connectivity index (χ0n) is 8.93. The van der Waals surface area contributed by atoms with Crippen LogP contribution in [0.5, 0.6) is 11.5 Å². The van der Waals surface area contributed by atoms with Gasteiger partial charge >= 0.3 is 0 Å². The molecule has 6 heteroatoms. The fourth-order valence-electron chi connectivity index (χ4n) is 1.57. The molecule has 94 valence electrons.